The van der Waals surface area contributed by atoms with Crippen LogP contribution < -0.4 is 5.32 Å². The Bertz CT molecular complexity index is 352. The third-order valence-electron chi connectivity index (χ3n) is 3.53. The number of hydrogen-bond acceptors (Lipinski definition) is 2. The summed E-state index contributed by atoms with van der Waals surface area (Å²) in [4.78, 5) is 4.40. The highest BCUT2D eigenvalue weighted by molar-refractivity contribution is 5.29. The number of rotatable bonds is 3. The summed E-state index contributed by atoms with van der Waals surface area (Å²) in [5, 5.41) is 3.58. The Morgan fingerprint density at radius 2 is 2.25 bits per heavy atom. The van der Waals surface area contributed by atoms with E-state index in [1.807, 2.05) is 12.4 Å². The van der Waals surface area contributed by atoms with Gasteiger partial charge in [0.2, 0.25) is 5.95 Å². The van der Waals surface area contributed by atoms with Crippen LogP contribution in [-0.2, 0) is 0 Å². The van der Waals surface area contributed by atoms with Gasteiger partial charge in [-0.05, 0) is 38.5 Å². The van der Waals surface area contributed by atoms with E-state index in [4.69, 9.17) is 0 Å². The van der Waals surface area contributed by atoms with Gasteiger partial charge in [0.15, 0.2) is 0 Å². The normalized spacial score (nSPS) is 23.9. The number of nitrogens with zero attached hydrogens (tertiary/aromatic N) is 2. The summed E-state index contributed by atoms with van der Waals surface area (Å²) in [7, 11) is 0. The minimum absolute atomic E-state index is 0.472. The SMILES string of the molecule is CC(C)n1ccnc1NC1CCC(C)(C)C1. The summed E-state index contributed by atoms with van der Waals surface area (Å²) in [6, 6.07) is 1.06. The van der Waals surface area contributed by atoms with Crippen molar-refractivity contribution in [2.75, 3.05) is 5.32 Å². The second-order valence-electron chi connectivity index (χ2n) is 6.00. The van der Waals surface area contributed by atoms with Crippen molar-refractivity contribution in [1.82, 2.24) is 9.55 Å². The molecule has 0 saturated heterocycles. The zero-order chi connectivity index (χ0) is 11.8. The van der Waals surface area contributed by atoms with E-state index in [0.29, 0.717) is 17.5 Å². The van der Waals surface area contributed by atoms with Crippen molar-refractivity contribution in [2.45, 2.75) is 59.0 Å². The smallest absolute Gasteiger partial charge is 0.203 e. The maximum atomic E-state index is 4.40. The van der Waals surface area contributed by atoms with Crippen molar-refractivity contribution in [1.29, 1.82) is 0 Å². The lowest BCUT2D eigenvalue weighted by atomic mass is 9.92. The summed E-state index contributed by atoms with van der Waals surface area (Å²) < 4.78 is 2.20. The minimum atomic E-state index is 0.472. The van der Waals surface area contributed by atoms with Crippen molar-refractivity contribution >= 4 is 5.95 Å². The number of aromatic nitrogens is 2. The average molecular weight is 221 g/mol. The minimum Gasteiger partial charge on any atom is -0.353 e. The highest BCUT2D eigenvalue weighted by Crippen LogP contribution is 2.38. The first-order chi connectivity index (χ1) is 7.48. The summed E-state index contributed by atoms with van der Waals surface area (Å²) in [6.07, 6.45) is 7.75. The van der Waals surface area contributed by atoms with Crippen LogP contribution in [0.1, 0.15) is 53.0 Å². The van der Waals surface area contributed by atoms with E-state index in [9.17, 15) is 0 Å². The quantitative estimate of drug-likeness (QED) is 0.847. The van der Waals surface area contributed by atoms with Crippen molar-refractivity contribution in [2.24, 2.45) is 5.41 Å². The number of imidazole rings is 1. The van der Waals surface area contributed by atoms with Gasteiger partial charge in [-0.1, -0.05) is 13.8 Å². The molecule has 0 amide bonds. The maximum absolute atomic E-state index is 4.40. The number of hydrogen-bond donors (Lipinski definition) is 1. The molecule has 0 aromatic carbocycles. The number of nitrogens with one attached hydrogen (secondary N) is 1. The Kier molecular flexibility index (Phi) is 2.96. The topological polar surface area (TPSA) is 29.9 Å². The molecule has 1 aromatic rings. The molecule has 0 aliphatic heterocycles. The Balaban J connectivity index is 2.02. The second-order valence-corrected chi connectivity index (χ2v) is 6.00. The monoisotopic (exact) mass is 221 g/mol. The molecule has 90 valence electrons. The largest absolute Gasteiger partial charge is 0.353 e. The Morgan fingerprint density at radius 1 is 1.50 bits per heavy atom. The molecule has 1 atom stereocenters. The van der Waals surface area contributed by atoms with E-state index in [-0.39, 0.29) is 0 Å². The van der Waals surface area contributed by atoms with Crippen LogP contribution in [0.2, 0.25) is 0 Å². The first kappa shape index (κ1) is 11.5. The second kappa shape index (κ2) is 4.11. The Morgan fingerprint density at radius 3 is 2.81 bits per heavy atom. The molecule has 1 N–H and O–H groups in total. The Hall–Kier alpha value is -0.990. The van der Waals surface area contributed by atoms with Crippen LogP contribution in [0.25, 0.3) is 0 Å². The molecule has 1 saturated carbocycles. The molecule has 1 fully saturated rings. The zero-order valence-electron chi connectivity index (χ0n) is 10.8. The molecule has 1 aliphatic carbocycles. The van der Waals surface area contributed by atoms with Crippen LogP contribution in [0.15, 0.2) is 12.4 Å². The van der Waals surface area contributed by atoms with E-state index < -0.39 is 0 Å². The average Bonchev–Trinajstić information content (AvgIpc) is 2.73. The first-order valence-electron chi connectivity index (χ1n) is 6.27. The highest BCUT2D eigenvalue weighted by Gasteiger charge is 2.31. The van der Waals surface area contributed by atoms with Gasteiger partial charge in [-0.3, -0.25) is 0 Å². The van der Waals surface area contributed by atoms with Crippen LogP contribution in [0.3, 0.4) is 0 Å². The molecule has 1 aliphatic rings. The standard InChI is InChI=1S/C13H23N3/c1-10(2)16-8-7-14-12(16)15-11-5-6-13(3,4)9-11/h7-8,10-11H,5-6,9H2,1-4H3,(H,14,15). The van der Waals surface area contributed by atoms with Gasteiger partial charge in [-0.15, -0.1) is 0 Å². The summed E-state index contributed by atoms with van der Waals surface area (Å²) in [5.74, 6) is 1.03. The van der Waals surface area contributed by atoms with Crippen LogP contribution >= 0.6 is 0 Å². The van der Waals surface area contributed by atoms with Crippen molar-refractivity contribution < 1.29 is 0 Å². The van der Waals surface area contributed by atoms with Crippen LogP contribution in [-0.4, -0.2) is 15.6 Å². The predicted molar refractivity (Wildman–Crippen MR) is 67.7 cm³/mol. The molecule has 1 heterocycles. The molecule has 0 spiro atoms. The molecule has 3 nitrogen and oxygen atoms in total. The van der Waals surface area contributed by atoms with Crippen LogP contribution in [0.4, 0.5) is 5.95 Å². The van der Waals surface area contributed by atoms with E-state index in [1.165, 1.54) is 19.3 Å². The molecular weight excluding hydrogens is 198 g/mol. The van der Waals surface area contributed by atoms with Gasteiger partial charge in [0.1, 0.15) is 0 Å². The molecule has 3 heteroatoms. The van der Waals surface area contributed by atoms with Crippen molar-refractivity contribution in [3.05, 3.63) is 12.4 Å². The molecule has 2 rings (SSSR count). The summed E-state index contributed by atoms with van der Waals surface area (Å²) in [6.45, 7) is 9.07. The molecule has 16 heavy (non-hydrogen) atoms. The maximum Gasteiger partial charge on any atom is 0.203 e. The van der Waals surface area contributed by atoms with Gasteiger partial charge in [-0.25, -0.2) is 4.98 Å². The van der Waals surface area contributed by atoms with Gasteiger partial charge in [0, 0.05) is 24.5 Å². The fourth-order valence-corrected chi connectivity index (χ4v) is 2.58. The lowest BCUT2D eigenvalue weighted by molar-refractivity contribution is 0.378. The van der Waals surface area contributed by atoms with Crippen LogP contribution in [0.5, 0.6) is 0 Å². The summed E-state index contributed by atoms with van der Waals surface area (Å²) >= 11 is 0. The van der Waals surface area contributed by atoms with Gasteiger partial charge in [-0.2, -0.15) is 0 Å². The summed E-state index contributed by atoms with van der Waals surface area (Å²) in [5.41, 5.74) is 0.493. The van der Waals surface area contributed by atoms with E-state index in [1.54, 1.807) is 0 Å². The fraction of sp³-hybridized carbons (Fsp3) is 0.769. The van der Waals surface area contributed by atoms with Crippen molar-refractivity contribution in [3.63, 3.8) is 0 Å². The predicted octanol–water partition coefficient (Wildman–Crippen LogP) is 3.45. The molecule has 0 radical (unpaired) electrons. The van der Waals surface area contributed by atoms with Gasteiger partial charge < -0.3 is 9.88 Å². The molecule has 0 bridgehead atoms. The number of anilines is 1. The van der Waals surface area contributed by atoms with Crippen LogP contribution in [0, 0.1) is 5.41 Å². The molecule has 1 unspecified atom stereocenters. The fourth-order valence-electron chi connectivity index (χ4n) is 2.58. The Labute approximate surface area is 98.3 Å². The first-order valence-corrected chi connectivity index (χ1v) is 6.27. The van der Waals surface area contributed by atoms with E-state index in [0.717, 1.165) is 5.95 Å². The lowest BCUT2D eigenvalue weighted by Gasteiger charge is -2.19. The van der Waals surface area contributed by atoms with Gasteiger partial charge in [0.25, 0.3) is 0 Å². The van der Waals surface area contributed by atoms with Gasteiger partial charge >= 0.3 is 0 Å². The van der Waals surface area contributed by atoms with E-state index in [2.05, 4.69) is 42.6 Å². The lowest BCUT2D eigenvalue weighted by Crippen LogP contribution is -2.20. The van der Waals surface area contributed by atoms with E-state index >= 15 is 0 Å². The van der Waals surface area contributed by atoms with Gasteiger partial charge in [0.05, 0.1) is 0 Å². The third kappa shape index (κ3) is 2.39. The third-order valence-corrected chi connectivity index (χ3v) is 3.53. The zero-order valence-corrected chi connectivity index (χ0v) is 10.8. The van der Waals surface area contributed by atoms with Crippen molar-refractivity contribution in [3.8, 4) is 0 Å². The molecule has 1 aromatic heterocycles. The highest BCUT2D eigenvalue weighted by atomic mass is 15.2. The molecular formula is C13H23N3.